The van der Waals surface area contributed by atoms with Gasteiger partial charge in [-0.15, -0.1) is 0 Å². The highest BCUT2D eigenvalue weighted by Gasteiger charge is 2.25. The summed E-state index contributed by atoms with van der Waals surface area (Å²) in [7, 11) is 0. The first kappa shape index (κ1) is 20.6. The quantitative estimate of drug-likeness (QED) is 0.644. The molecule has 1 aromatic rings. The second-order valence-electron chi connectivity index (χ2n) is 6.89. The van der Waals surface area contributed by atoms with Crippen LogP contribution in [0.2, 0.25) is 0 Å². The Bertz CT molecular complexity index is 603. The molecule has 1 atom stereocenters. The van der Waals surface area contributed by atoms with Gasteiger partial charge in [0.1, 0.15) is 6.04 Å². The Kier molecular flexibility index (Phi) is 8.25. The minimum atomic E-state index is -0.653. The van der Waals surface area contributed by atoms with Gasteiger partial charge in [-0.2, -0.15) is 11.8 Å². The number of hydrogen-bond donors (Lipinski definition) is 3. The van der Waals surface area contributed by atoms with Gasteiger partial charge in [-0.3, -0.25) is 9.69 Å². The highest BCUT2D eigenvalue weighted by atomic mass is 32.2. The van der Waals surface area contributed by atoms with Crippen molar-refractivity contribution in [3.8, 4) is 0 Å². The summed E-state index contributed by atoms with van der Waals surface area (Å²) >= 11 is 1.64. The average Bonchev–Trinajstić information content (AvgIpc) is 2.60. The van der Waals surface area contributed by atoms with Crippen molar-refractivity contribution in [2.24, 2.45) is 5.73 Å². The Morgan fingerprint density at radius 3 is 2.69 bits per heavy atom. The molecule has 0 radical (unpaired) electrons. The molecule has 0 bridgehead atoms. The Labute approximate surface area is 160 Å². The van der Waals surface area contributed by atoms with Gasteiger partial charge in [0, 0.05) is 25.7 Å². The number of urea groups is 1. The van der Waals surface area contributed by atoms with E-state index in [1.54, 1.807) is 11.8 Å². The number of thioether (sulfide) groups is 1. The van der Waals surface area contributed by atoms with E-state index in [1.807, 2.05) is 6.26 Å². The minimum absolute atomic E-state index is 0.130. The van der Waals surface area contributed by atoms with E-state index in [9.17, 15) is 9.59 Å². The Morgan fingerprint density at radius 2 is 2.08 bits per heavy atom. The van der Waals surface area contributed by atoms with E-state index in [1.165, 1.54) is 11.1 Å². The molecule has 1 aliphatic rings. The molecule has 0 aromatic heterocycles. The molecule has 0 saturated carbocycles. The van der Waals surface area contributed by atoms with E-state index in [2.05, 4.69) is 46.7 Å². The lowest BCUT2D eigenvalue weighted by Gasteiger charge is -2.33. The highest BCUT2D eigenvalue weighted by molar-refractivity contribution is 7.98. The molecule has 0 spiro atoms. The number of nitrogens with zero attached hydrogens (tertiary/aromatic N) is 1. The molecular formula is C19H30N4O2S. The first-order valence-electron chi connectivity index (χ1n) is 9.11. The van der Waals surface area contributed by atoms with Crippen LogP contribution < -0.4 is 16.4 Å². The third-order valence-corrected chi connectivity index (χ3v) is 5.31. The predicted octanol–water partition coefficient (Wildman–Crippen LogP) is 1.87. The van der Waals surface area contributed by atoms with Crippen LogP contribution in [0.3, 0.4) is 0 Å². The Balaban J connectivity index is 1.79. The molecule has 1 fully saturated rings. The molecule has 26 heavy (non-hydrogen) atoms. The number of nitrogens with one attached hydrogen (secondary N) is 2. The molecular weight excluding hydrogens is 348 g/mol. The molecule has 4 N–H and O–H groups in total. The first-order valence-corrected chi connectivity index (χ1v) is 10.5. The molecule has 2 rings (SSSR count). The summed E-state index contributed by atoms with van der Waals surface area (Å²) in [6.07, 6.45) is 4.40. The number of amides is 3. The fourth-order valence-electron chi connectivity index (χ4n) is 3.28. The third-order valence-electron chi connectivity index (χ3n) is 4.67. The van der Waals surface area contributed by atoms with Gasteiger partial charge in [-0.1, -0.05) is 29.8 Å². The van der Waals surface area contributed by atoms with Crippen molar-refractivity contribution >= 4 is 23.7 Å². The second-order valence-corrected chi connectivity index (χ2v) is 7.88. The zero-order valence-corrected chi connectivity index (χ0v) is 16.5. The number of carbonyl (C=O) groups is 2. The smallest absolute Gasteiger partial charge is 0.312 e. The highest BCUT2D eigenvalue weighted by Crippen LogP contribution is 2.15. The fraction of sp³-hybridized carbons (Fsp3) is 0.579. The van der Waals surface area contributed by atoms with E-state index >= 15 is 0 Å². The number of piperidine rings is 1. The lowest BCUT2D eigenvalue weighted by atomic mass is 10.0. The van der Waals surface area contributed by atoms with Crippen LogP contribution in [-0.2, 0) is 11.3 Å². The van der Waals surface area contributed by atoms with Crippen LogP contribution >= 0.6 is 11.8 Å². The van der Waals surface area contributed by atoms with Crippen molar-refractivity contribution in [3.63, 3.8) is 0 Å². The van der Waals surface area contributed by atoms with Gasteiger partial charge >= 0.3 is 6.03 Å². The maximum atomic E-state index is 12.5. The molecule has 3 amide bonds. The molecule has 0 aliphatic carbocycles. The summed E-state index contributed by atoms with van der Waals surface area (Å²) in [5, 5.41) is 5.64. The summed E-state index contributed by atoms with van der Waals surface area (Å²) in [6, 6.07) is 7.54. The number of carbonyl (C=O) groups excluding carboxylic acids is 2. The summed E-state index contributed by atoms with van der Waals surface area (Å²) in [5.74, 6) is 0.669. The zero-order chi connectivity index (χ0) is 18.9. The summed E-state index contributed by atoms with van der Waals surface area (Å²) in [4.78, 5) is 26.0. The normalized spacial score (nSPS) is 16.8. The summed E-state index contributed by atoms with van der Waals surface area (Å²) in [6.45, 7) is 4.97. The largest absolute Gasteiger partial charge is 0.352 e. The molecule has 144 valence electrons. The fourth-order valence-corrected chi connectivity index (χ4v) is 3.75. The number of nitrogens with two attached hydrogens (primary N) is 1. The number of likely N-dealkylation sites (tertiary alicyclic amines) is 1. The maximum Gasteiger partial charge on any atom is 0.312 e. The molecule has 1 saturated heterocycles. The van der Waals surface area contributed by atoms with Gasteiger partial charge in [0.25, 0.3) is 0 Å². The molecule has 7 heteroatoms. The molecule has 6 nitrogen and oxygen atoms in total. The van der Waals surface area contributed by atoms with Crippen LogP contribution in [0.4, 0.5) is 4.79 Å². The van der Waals surface area contributed by atoms with Crippen molar-refractivity contribution in [2.75, 3.05) is 25.1 Å². The van der Waals surface area contributed by atoms with Crippen LogP contribution in [0.25, 0.3) is 0 Å². The van der Waals surface area contributed by atoms with Crippen molar-refractivity contribution in [1.82, 2.24) is 15.5 Å². The monoisotopic (exact) mass is 378 g/mol. The summed E-state index contributed by atoms with van der Waals surface area (Å²) in [5.41, 5.74) is 7.80. The topological polar surface area (TPSA) is 87.5 Å². The predicted molar refractivity (Wildman–Crippen MR) is 107 cm³/mol. The Morgan fingerprint density at radius 1 is 1.35 bits per heavy atom. The SMILES string of the molecule is CSCC[C@H](NC(N)=O)C(=O)NC1CCN(Cc2cccc(C)c2)CC1. The van der Waals surface area contributed by atoms with Gasteiger partial charge in [-0.25, -0.2) is 4.79 Å². The van der Waals surface area contributed by atoms with Gasteiger partial charge in [-0.05, 0) is 43.8 Å². The number of benzene rings is 1. The molecule has 1 aliphatic heterocycles. The van der Waals surface area contributed by atoms with Gasteiger partial charge in [0.05, 0.1) is 0 Å². The zero-order valence-electron chi connectivity index (χ0n) is 15.7. The minimum Gasteiger partial charge on any atom is -0.352 e. The number of aryl methyl sites for hydroxylation is 1. The molecule has 0 unspecified atom stereocenters. The van der Waals surface area contributed by atoms with Crippen molar-refractivity contribution in [2.45, 2.75) is 44.8 Å². The Hall–Kier alpha value is -1.73. The lowest BCUT2D eigenvalue weighted by molar-refractivity contribution is -0.124. The number of rotatable bonds is 8. The maximum absolute atomic E-state index is 12.5. The van der Waals surface area contributed by atoms with E-state index in [4.69, 9.17) is 5.73 Å². The van der Waals surface area contributed by atoms with Crippen LogP contribution in [0, 0.1) is 6.92 Å². The van der Waals surface area contributed by atoms with Gasteiger partial charge in [0.2, 0.25) is 5.91 Å². The second kappa shape index (κ2) is 10.4. The van der Waals surface area contributed by atoms with Crippen LogP contribution in [0.5, 0.6) is 0 Å². The van der Waals surface area contributed by atoms with Crippen LogP contribution in [-0.4, -0.2) is 54.0 Å². The third kappa shape index (κ3) is 6.88. The molecule has 1 aromatic carbocycles. The lowest BCUT2D eigenvalue weighted by Crippen LogP contribution is -2.53. The van der Waals surface area contributed by atoms with Crippen molar-refractivity contribution in [1.29, 1.82) is 0 Å². The van der Waals surface area contributed by atoms with Gasteiger partial charge in [0.15, 0.2) is 0 Å². The van der Waals surface area contributed by atoms with Crippen LogP contribution in [0.15, 0.2) is 24.3 Å². The standard InChI is InChI=1S/C19H30N4O2S/c1-14-4-3-5-15(12-14)13-23-9-6-16(7-10-23)21-18(24)17(8-11-26-2)22-19(20)25/h3-5,12,16-17H,6-11,13H2,1-2H3,(H,21,24)(H3,20,22,25)/t17-/m0/s1. The summed E-state index contributed by atoms with van der Waals surface area (Å²) < 4.78 is 0. The number of primary amides is 1. The van der Waals surface area contributed by atoms with Crippen molar-refractivity contribution < 1.29 is 9.59 Å². The van der Waals surface area contributed by atoms with E-state index in [0.717, 1.165) is 38.2 Å². The number of hydrogen-bond acceptors (Lipinski definition) is 4. The molecule has 1 heterocycles. The first-order chi connectivity index (χ1) is 12.5. The average molecular weight is 379 g/mol. The van der Waals surface area contributed by atoms with E-state index in [0.29, 0.717) is 6.42 Å². The van der Waals surface area contributed by atoms with E-state index < -0.39 is 12.1 Å². The van der Waals surface area contributed by atoms with E-state index in [-0.39, 0.29) is 11.9 Å². The van der Waals surface area contributed by atoms with Gasteiger partial charge < -0.3 is 16.4 Å². The van der Waals surface area contributed by atoms with Crippen LogP contribution in [0.1, 0.15) is 30.4 Å². The van der Waals surface area contributed by atoms with Crippen molar-refractivity contribution in [3.05, 3.63) is 35.4 Å².